The molecule has 88 valence electrons. The minimum absolute atomic E-state index is 0.252. The lowest BCUT2D eigenvalue weighted by Gasteiger charge is -2.11. The van der Waals surface area contributed by atoms with E-state index in [1.54, 1.807) is 12.3 Å². The van der Waals surface area contributed by atoms with Crippen molar-refractivity contribution in [1.29, 1.82) is 0 Å². The number of aromatic nitrogens is 2. The maximum atomic E-state index is 9.70. The van der Waals surface area contributed by atoms with E-state index in [9.17, 15) is 5.11 Å². The van der Waals surface area contributed by atoms with Crippen LogP contribution >= 0.6 is 0 Å². The first kappa shape index (κ1) is 11.1. The molecule has 0 amide bonds. The number of rotatable bonds is 6. The Balaban J connectivity index is 1.85. The molecule has 1 aromatic rings. The van der Waals surface area contributed by atoms with Crippen molar-refractivity contribution >= 4 is 11.8 Å². The van der Waals surface area contributed by atoms with Gasteiger partial charge in [0.05, 0.1) is 6.10 Å². The molecule has 1 heterocycles. The molecule has 1 saturated carbocycles. The summed E-state index contributed by atoms with van der Waals surface area (Å²) in [4.78, 5) is 8.35. The number of nitrogens with one attached hydrogen (secondary N) is 2. The van der Waals surface area contributed by atoms with Crippen molar-refractivity contribution in [2.45, 2.75) is 25.9 Å². The molecule has 0 aromatic carbocycles. The van der Waals surface area contributed by atoms with Crippen LogP contribution < -0.4 is 10.6 Å². The van der Waals surface area contributed by atoms with E-state index in [2.05, 4.69) is 20.6 Å². The van der Waals surface area contributed by atoms with E-state index in [4.69, 9.17) is 0 Å². The molecule has 0 radical (unpaired) electrons. The fraction of sp³-hybridized carbons (Fsp3) is 0.636. The van der Waals surface area contributed by atoms with Gasteiger partial charge >= 0.3 is 0 Å². The summed E-state index contributed by atoms with van der Waals surface area (Å²) in [5.74, 6) is 1.86. The minimum Gasteiger partial charge on any atom is -0.391 e. The van der Waals surface area contributed by atoms with Gasteiger partial charge in [-0.05, 0) is 31.7 Å². The fourth-order valence-corrected chi connectivity index (χ4v) is 1.56. The predicted molar refractivity (Wildman–Crippen MR) is 63.4 cm³/mol. The molecule has 1 aliphatic rings. The highest BCUT2D eigenvalue weighted by Gasteiger charge is 2.29. The van der Waals surface area contributed by atoms with Crippen molar-refractivity contribution in [2.24, 2.45) is 5.92 Å². The van der Waals surface area contributed by atoms with Gasteiger partial charge in [0.1, 0.15) is 5.82 Å². The number of anilines is 2. The Morgan fingerprint density at radius 2 is 2.31 bits per heavy atom. The Hall–Kier alpha value is -1.36. The summed E-state index contributed by atoms with van der Waals surface area (Å²) in [6.07, 6.45) is 3.75. The first-order valence-corrected chi connectivity index (χ1v) is 5.78. The lowest BCUT2D eigenvalue weighted by molar-refractivity contribution is 0.164. The highest BCUT2D eigenvalue weighted by atomic mass is 16.3. The van der Waals surface area contributed by atoms with E-state index < -0.39 is 0 Å². The minimum atomic E-state index is -0.252. The van der Waals surface area contributed by atoms with Gasteiger partial charge in [-0.25, -0.2) is 4.98 Å². The zero-order chi connectivity index (χ0) is 11.4. The molecule has 1 atom stereocenters. The third kappa shape index (κ3) is 3.06. The monoisotopic (exact) mass is 222 g/mol. The SMILES string of the molecule is CCNc1nccc(NCC(O)C2CC2)n1. The number of aliphatic hydroxyl groups is 1. The topological polar surface area (TPSA) is 70.1 Å². The van der Waals surface area contributed by atoms with E-state index in [-0.39, 0.29) is 6.10 Å². The largest absolute Gasteiger partial charge is 0.391 e. The first-order valence-electron chi connectivity index (χ1n) is 5.78. The summed E-state index contributed by atoms with van der Waals surface area (Å²) < 4.78 is 0. The number of aliphatic hydroxyl groups excluding tert-OH is 1. The van der Waals surface area contributed by atoms with Gasteiger partial charge in [-0.15, -0.1) is 0 Å². The zero-order valence-corrected chi connectivity index (χ0v) is 9.48. The Kier molecular flexibility index (Phi) is 3.56. The lowest BCUT2D eigenvalue weighted by Crippen LogP contribution is -2.22. The molecule has 3 N–H and O–H groups in total. The predicted octanol–water partition coefficient (Wildman–Crippen LogP) is 1.09. The Labute approximate surface area is 95.3 Å². The third-order valence-corrected chi connectivity index (χ3v) is 2.65. The normalized spacial score (nSPS) is 16.9. The molecule has 0 spiro atoms. The molecule has 0 bridgehead atoms. The highest BCUT2D eigenvalue weighted by molar-refractivity contribution is 5.39. The van der Waals surface area contributed by atoms with Crippen LogP contribution in [-0.4, -0.2) is 34.3 Å². The Morgan fingerprint density at radius 1 is 1.50 bits per heavy atom. The standard InChI is InChI=1S/C11H18N4O/c1-2-12-11-13-6-5-10(15-11)14-7-9(16)8-3-4-8/h5-6,8-9,16H,2-4,7H2,1H3,(H2,12,13,14,15). The molecule has 1 fully saturated rings. The number of hydrogen-bond donors (Lipinski definition) is 3. The Bertz CT molecular complexity index is 341. The zero-order valence-electron chi connectivity index (χ0n) is 9.48. The van der Waals surface area contributed by atoms with E-state index in [0.717, 1.165) is 25.2 Å². The summed E-state index contributed by atoms with van der Waals surface area (Å²) in [5, 5.41) is 15.9. The quantitative estimate of drug-likeness (QED) is 0.672. The molecule has 0 aliphatic heterocycles. The molecule has 2 rings (SSSR count). The second kappa shape index (κ2) is 5.12. The van der Waals surface area contributed by atoms with Crippen LogP contribution in [0.25, 0.3) is 0 Å². The van der Waals surface area contributed by atoms with Gasteiger partial charge < -0.3 is 15.7 Å². The van der Waals surface area contributed by atoms with Gasteiger partial charge in [-0.3, -0.25) is 0 Å². The van der Waals surface area contributed by atoms with Gasteiger partial charge in [0.2, 0.25) is 5.95 Å². The molecule has 5 heteroatoms. The molecule has 5 nitrogen and oxygen atoms in total. The van der Waals surface area contributed by atoms with Crippen LogP contribution in [0.5, 0.6) is 0 Å². The van der Waals surface area contributed by atoms with Crippen molar-refractivity contribution in [3.8, 4) is 0 Å². The summed E-state index contributed by atoms with van der Waals surface area (Å²) >= 11 is 0. The second-order valence-corrected chi connectivity index (χ2v) is 4.08. The molecule has 1 aliphatic carbocycles. The summed E-state index contributed by atoms with van der Waals surface area (Å²) in [7, 11) is 0. The smallest absolute Gasteiger partial charge is 0.224 e. The van der Waals surface area contributed by atoms with Crippen LogP contribution in [0.4, 0.5) is 11.8 Å². The van der Waals surface area contributed by atoms with E-state index in [1.165, 1.54) is 0 Å². The van der Waals surface area contributed by atoms with Crippen molar-refractivity contribution in [1.82, 2.24) is 9.97 Å². The van der Waals surface area contributed by atoms with E-state index in [0.29, 0.717) is 18.4 Å². The third-order valence-electron chi connectivity index (χ3n) is 2.65. The van der Waals surface area contributed by atoms with Crippen molar-refractivity contribution in [3.63, 3.8) is 0 Å². The highest BCUT2D eigenvalue weighted by Crippen LogP contribution is 2.32. The van der Waals surface area contributed by atoms with Crippen LogP contribution in [0.2, 0.25) is 0 Å². The second-order valence-electron chi connectivity index (χ2n) is 4.08. The maximum absolute atomic E-state index is 9.70. The van der Waals surface area contributed by atoms with Gasteiger partial charge in [0.15, 0.2) is 0 Å². The van der Waals surface area contributed by atoms with Gasteiger partial charge in [-0.2, -0.15) is 4.98 Å². The average molecular weight is 222 g/mol. The average Bonchev–Trinajstić information content (AvgIpc) is 3.11. The summed E-state index contributed by atoms with van der Waals surface area (Å²) in [5.41, 5.74) is 0. The Morgan fingerprint density at radius 3 is 3.00 bits per heavy atom. The lowest BCUT2D eigenvalue weighted by atomic mass is 10.2. The van der Waals surface area contributed by atoms with E-state index >= 15 is 0 Å². The van der Waals surface area contributed by atoms with Crippen molar-refractivity contribution in [2.75, 3.05) is 23.7 Å². The number of hydrogen-bond acceptors (Lipinski definition) is 5. The van der Waals surface area contributed by atoms with Crippen molar-refractivity contribution < 1.29 is 5.11 Å². The van der Waals surface area contributed by atoms with Gasteiger partial charge in [-0.1, -0.05) is 0 Å². The van der Waals surface area contributed by atoms with E-state index in [1.807, 2.05) is 6.92 Å². The summed E-state index contributed by atoms with van der Waals surface area (Å²) in [6.45, 7) is 3.36. The number of nitrogens with zero attached hydrogens (tertiary/aromatic N) is 2. The van der Waals surface area contributed by atoms with Crippen LogP contribution in [-0.2, 0) is 0 Å². The van der Waals surface area contributed by atoms with Crippen LogP contribution in [0.1, 0.15) is 19.8 Å². The first-order chi connectivity index (χ1) is 7.79. The molecule has 16 heavy (non-hydrogen) atoms. The fourth-order valence-electron chi connectivity index (χ4n) is 1.56. The van der Waals surface area contributed by atoms with Crippen LogP contribution in [0.3, 0.4) is 0 Å². The van der Waals surface area contributed by atoms with Crippen molar-refractivity contribution in [3.05, 3.63) is 12.3 Å². The van der Waals surface area contributed by atoms with Gasteiger partial charge in [0, 0.05) is 19.3 Å². The summed E-state index contributed by atoms with van der Waals surface area (Å²) in [6, 6.07) is 1.81. The van der Waals surface area contributed by atoms with Crippen LogP contribution in [0.15, 0.2) is 12.3 Å². The maximum Gasteiger partial charge on any atom is 0.224 e. The molecular weight excluding hydrogens is 204 g/mol. The van der Waals surface area contributed by atoms with Crippen LogP contribution in [0, 0.1) is 5.92 Å². The molecular formula is C11H18N4O. The molecule has 1 unspecified atom stereocenters. The molecule has 1 aromatic heterocycles. The molecule has 0 saturated heterocycles. The van der Waals surface area contributed by atoms with Gasteiger partial charge in [0.25, 0.3) is 0 Å².